The van der Waals surface area contributed by atoms with Crippen LogP contribution in [0.25, 0.3) is 0 Å². The van der Waals surface area contributed by atoms with E-state index in [-0.39, 0.29) is 0 Å². The van der Waals surface area contributed by atoms with Gasteiger partial charge in [-0.25, -0.2) is 0 Å². The molecule has 1 aliphatic rings. The van der Waals surface area contributed by atoms with Gasteiger partial charge in [0, 0.05) is 12.6 Å². The first-order valence-electron chi connectivity index (χ1n) is 6.80. The third kappa shape index (κ3) is 4.00. The molecule has 1 atom stereocenters. The Hall–Kier alpha value is -1.06. The summed E-state index contributed by atoms with van der Waals surface area (Å²) in [5.74, 6) is 1.61. The van der Waals surface area contributed by atoms with Gasteiger partial charge >= 0.3 is 0 Å². The lowest BCUT2D eigenvalue weighted by atomic mass is 10.1. The van der Waals surface area contributed by atoms with Crippen molar-refractivity contribution in [1.82, 2.24) is 5.32 Å². The Labute approximate surface area is 109 Å². The number of aliphatic hydroxyl groups excluding tert-OH is 1. The molecule has 0 radical (unpaired) electrons. The molecule has 0 spiro atoms. The Morgan fingerprint density at radius 3 is 2.72 bits per heavy atom. The second-order valence-electron chi connectivity index (χ2n) is 5.34. The zero-order valence-corrected chi connectivity index (χ0v) is 11.2. The predicted molar refractivity (Wildman–Crippen MR) is 73.1 cm³/mol. The van der Waals surface area contributed by atoms with Crippen molar-refractivity contribution in [2.24, 2.45) is 0 Å². The smallest absolute Gasteiger partial charge is 0.122 e. The molecule has 0 aliphatic heterocycles. The summed E-state index contributed by atoms with van der Waals surface area (Å²) in [4.78, 5) is 0. The van der Waals surface area contributed by atoms with E-state index in [9.17, 15) is 5.11 Å². The highest BCUT2D eigenvalue weighted by Crippen LogP contribution is 2.44. The number of hydrogen-bond acceptors (Lipinski definition) is 3. The second kappa shape index (κ2) is 6.21. The van der Waals surface area contributed by atoms with Gasteiger partial charge in [-0.15, -0.1) is 0 Å². The van der Waals surface area contributed by atoms with Gasteiger partial charge in [-0.05, 0) is 30.4 Å². The Morgan fingerprint density at radius 2 is 2.06 bits per heavy atom. The van der Waals surface area contributed by atoms with Crippen molar-refractivity contribution >= 4 is 0 Å². The molecule has 0 bridgehead atoms. The first-order valence-corrected chi connectivity index (χ1v) is 6.80. The second-order valence-corrected chi connectivity index (χ2v) is 5.34. The molecule has 0 amide bonds. The maximum absolute atomic E-state index is 9.82. The van der Waals surface area contributed by atoms with Crippen LogP contribution in [0.3, 0.4) is 0 Å². The molecule has 100 valence electrons. The molecule has 0 aromatic heterocycles. The number of nitrogens with one attached hydrogen (secondary N) is 1. The highest BCUT2D eigenvalue weighted by Gasteiger charge is 2.26. The fourth-order valence-corrected chi connectivity index (χ4v) is 1.96. The van der Waals surface area contributed by atoms with Crippen molar-refractivity contribution in [1.29, 1.82) is 0 Å². The number of aliphatic hydroxyl groups is 1. The molecule has 2 rings (SSSR count). The van der Waals surface area contributed by atoms with Crippen LogP contribution in [0.5, 0.6) is 5.75 Å². The average molecular weight is 249 g/mol. The van der Waals surface area contributed by atoms with Crippen LogP contribution < -0.4 is 10.1 Å². The molecule has 1 saturated carbocycles. The lowest BCUT2D eigenvalue weighted by molar-refractivity contribution is 0.104. The van der Waals surface area contributed by atoms with Crippen LogP contribution in [-0.2, 0) is 0 Å². The van der Waals surface area contributed by atoms with E-state index in [0.717, 1.165) is 5.75 Å². The third-order valence-electron chi connectivity index (χ3n) is 3.13. The van der Waals surface area contributed by atoms with E-state index in [1.165, 1.54) is 18.4 Å². The average Bonchev–Trinajstić information content (AvgIpc) is 3.18. The van der Waals surface area contributed by atoms with Gasteiger partial charge in [-0.2, -0.15) is 0 Å². The van der Waals surface area contributed by atoms with Gasteiger partial charge in [0.15, 0.2) is 0 Å². The number of para-hydroxylation sites is 1. The maximum atomic E-state index is 9.82. The predicted octanol–water partition coefficient (Wildman–Crippen LogP) is 2.30. The van der Waals surface area contributed by atoms with Crippen LogP contribution in [0.15, 0.2) is 24.3 Å². The summed E-state index contributed by atoms with van der Waals surface area (Å²) in [6, 6.07) is 8.55. The number of hydrogen-bond donors (Lipinski definition) is 2. The van der Waals surface area contributed by atoms with Crippen molar-refractivity contribution < 1.29 is 9.84 Å². The van der Waals surface area contributed by atoms with Crippen LogP contribution in [0, 0.1) is 0 Å². The molecule has 0 saturated heterocycles. The summed E-state index contributed by atoms with van der Waals surface area (Å²) in [6.45, 7) is 5.05. The first kappa shape index (κ1) is 13.4. The molecule has 1 aromatic rings. The molecular weight excluding hydrogens is 226 g/mol. The molecule has 1 aromatic carbocycles. The minimum atomic E-state index is -0.459. The number of benzene rings is 1. The zero-order chi connectivity index (χ0) is 13.0. The van der Waals surface area contributed by atoms with E-state index in [2.05, 4.69) is 31.3 Å². The highest BCUT2D eigenvalue weighted by molar-refractivity contribution is 5.38. The number of rotatable bonds is 7. The fraction of sp³-hybridized carbons (Fsp3) is 0.600. The van der Waals surface area contributed by atoms with Crippen molar-refractivity contribution in [3.63, 3.8) is 0 Å². The molecule has 1 aliphatic carbocycles. The van der Waals surface area contributed by atoms with Crippen LogP contribution in [0.1, 0.15) is 38.2 Å². The lowest BCUT2D eigenvalue weighted by Crippen LogP contribution is -2.35. The Balaban J connectivity index is 1.82. The molecule has 2 N–H and O–H groups in total. The van der Waals surface area contributed by atoms with Gasteiger partial charge in [-0.3, -0.25) is 0 Å². The monoisotopic (exact) mass is 249 g/mol. The van der Waals surface area contributed by atoms with Crippen molar-refractivity contribution in [2.45, 2.75) is 44.8 Å². The van der Waals surface area contributed by atoms with Crippen molar-refractivity contribution in [3.05, 3.63) is 29.8 Å². The molecule has 0 unspecified atom stereocenters. The summed E-state index contributed by atoms with van der Waals surface area (Å²) >= 11 is 0. The fourth-order valence-electron chi connectivity index (χ4n) is 1.96. The molecule has 3 heteroatoms. The molecule has 3 nitrogen and oxygen atoms in total. The Bertz CT molecular complexity index is 375. The van der Waals surface area contributed by atoms with Crippen LogP contribution in [-0.4, -0.2) is 30.4 Å². The van der Waals surface area contributed by atoms with Crippen molar-refractivity contribution in [2.75, 3.05) is 13.2 Å². The van der Waals surface area contributed by atoms with Crippen molar-refractivity contribution in [3.8, 4) is 5.75 Å². The molecule has 18 heavy (non-hydrogen) atoms. The zero-order valence-electron chi connectivity index (χ0n) is 11.2. The first-order chi connectivity index (χ1) is 8.66. The minimum Gasteiger partial charge on any atom is -0.491 e. The summed E-state index contributed by atoms with van der Waals surface area (Å²) in [5, 5.41) is 13.0. The maximum Gasteiger partial charge on any atom is 0.122 e. The standard InChI is InChI=1S/C15H23NO2/c1-11(2)16-9-13(17)10-18-15-6-4-3-5-14(15)12-7-8-12/h3-6,11-13,16-17H,7-10H2,1-2H3/t13-/m0/s1. The van der Waals surface area contributed by atoms with E-state index in [0.29, 0.717) is 25.1 Å². The van der Waals surface area contributed by atoms with E-state index in [1.54, 1.807) is 0 Å². The molecule has 1 fully saturated rings. The summed E-state index contributed by atoms with van der Waals surface area (Å²) < 4.78 is 5.74. The number of ether oxygens (including phenoxy) is 1. The van der Waals surface area contributed by atoms with Crippen LogP contribution in [0.4, 0.5) is 0 Å². The SMILES string of the molecule is CC(C)NC[C@H](O)COc1ccccc1C1CC1. The van der Waals surface area contributed by atoms with Gasteiger partial charge in [0.05, 0.1) is 0 Å². The summed E-state index contributed by atoms with van der Waals surface area (Å²) in [7, 11) is 0. The third-order valence-corrected chi connectivity index (χ3v) is 3.13. The topological polar surface area (TPSA) is 41.5 Å². The minimum absolute atomic E-state index is 0.351. The quantitative estimate of drug-likeness (QED) is 0.779. The van der Waals surface area contributed by atoms with E-state index < -0.39 is 6.10 Å². The Morgan fingerprint density at radius 1 is 1.33 bits per heavy atom. The normalized spacial score (nSPS) is 16.9. The van der Waals surface area contributed by atoms with E-state index in [4.69, 9.17) is 4.74 Å². The van der Waals surface area contributed by atoms with Crippen LogP contribution in [0.2, 0.25) is 0 Å². The lowest BCUT2D eigenvalue weighted by Gasteiger charge is -2.16. The van der Waals surface area contributed by atoms with Gasteiger partial charge in [0.1, 0.15) is 18.5 Å². The van der Waals surface area contributed by atoms with Gasteiger partial charge < -0.3 is 15.2 Å². The van der Waals surface area contributed by atoms with E-state index >= 15 is 0 Å². The van der Waals surface area contributed by atoms with Gasteiger partial charge in [0.2, 0.25) is 0 Å². The molecular formula is C15H23NO2. The van der Waals surface area contributed by atoms with Gasteiger partial charge in [-0.1, -0.05) is 32.0 Å². The van der Waals surface area contributed by atoms with Crippen LogP contribution >= 0.6 is 0 Å². The van der Waals surface area contributed by atoms with E-state index in [1.807, 2.05) is 12.1 Å². The van der Waals surface area contributed by atoms with Gasteiger partial charge in [0.25, 0.3) is 0 Å². The highest BCUT2D eigenvalue weighted by atomic mass is 16.5. The summed E-state index contributed by atoms with van der Waals surface area (Å²) in [6.07, 6.45) is 2.06. The summed E-state index contributed by atoms with van der Waals surface area (Å²) in [5.41, 5.74) is 1.29. The Kier molecular flexibility index (Phi) is 4.61. The molecule has 0 heterocycles. The largest absolute Gasteiger partial charge is 0.491 e.